The van der Waals surface area contributed by atoms with Crippen LogP contribution in [0.25, 0.3) is 0 Å². The van der Waals surface area contributed by atoms with Crippen LogP contribution in [0.1, 0.15) is 25.7 Å². The second-order valence-electron chi connectivity index (χ2n) is 12.2. The lowest BCUT2D eigenvalue weighted by Crippen LogP contribution is -2.29. The number of rotatable bonds is 12. The molecule has 6 nitrogen and oxygen atoms in total. The molecule has 47 heavy (non-hydrogen) atoms. The molecule has 0 N–H and O–H groups in total. The Kier molecular flexibility index (Phi) is 9.55. The normalized spacial score (nSPS) is 15.7. The topological polar surface area (TPSA) is 71.1 Å². The lowest BCUT2D eigenvalue weighted by molar-refractivity contribution is 0.415. The number of benzene rings is 4. The Hall–Kier alpha value is -3.98. The van der Waals surface area contributed by atoms with Crippen molar-refractivity contribution in [3.8, 4) is 23.0 Å². The molecule has 6 rings (SSSR count). The zero-order valence-electron chi connectivity index (χ0n) is 27.5. The fourth-order valence-corrected chi connectivity index (χ4v) is 12.9. The third-order valence-electron chi connectivity index (χ3n) is 9.90. The molecular weight excluding hydrogens is 626 g/mol. The molecule has 0 heterocycles. The van der Waals surface area contributed by atoms with Gasteiger partial charge in [0.25, 0.3) is 0 Å². The molecule has 244 valence electrons. The highest BCUT2D eigenvalue weighted by molar-refractivity contribution is 7.79. The van der Waals surface area contributed by atoms with Gasteiger partial charge < -0.3 is 28.1 Å². The molecule has 0 aromatic heterocycles. The first kappa shape index (κ1) is 32.9. The van der Waals surface area contributed by atoms with Gasteiger partial charge in [0.1, 0.15) is 37.3 Å². The first-order valence-electron chi connectivity index (χ1n) is 15.9. The largest absolute Gasteiger partial charge is 0.497 e. The van der Waals surface area contributed by atoms with E-state index in [4.69, 9.17) is 18.9 Å². The van der Waals surface area contributed by atoms with Crippen LogP contribution in [0.15, 0.2) is 120 Å². The minimum absolute atomic E-state index is 0.288. The van der Waals surface area contributed by atoms with E-state index in [-0.39, 0.29) is 5.41 Å². The monoisotopic (exact) mass is 668 g/mol. The van der Waals surface area contributed by atoms with Gasteiger partial charge in [0.15, 0.2) is 0 Å². The van der Waals surface area contributed by atoms with Crippen molar-refractivity contribution in [2.45, 2.75) is 25.7 Å². The molecule has 2 aliphatic rings. The molecule has 0 unspecified atom stereocenters. The minimum atomic E-state index is -3.13. The second kappa shape index (κ2) is 13.6. The van der Waals surface area contributed by atoms with Crippen LogP contribution < -0.4 is 40.2 Å². The van der Waals surface area contributed by atoms with Crippen LogP contribution in [0, 0.1) is 5.41 Å². The van der Waals surface area contributed by atoms with E-state index in [1.807, 2.05) is 97.1 Å². The molecule has 0 aliphatic heterocycles. The van der Waals surface area contributed by atoms with Crippen molar-refractivity contribution in [2.24, 2.45) is 5.41 Å². The van der Waals surface area contributed by atoms with Crippen molar-refractivity contribution >= 4 is 35.5 Å². The van der Waals surface area contributed by atoms with E-state index in [2.05, 4.69) is 12.2 Å². The number of hydrogen-bond donors (Lipinski definition) is 0. The van der Waals surface area contributed by atoms with Gasteiger partial charge in [-0.05, 0) is 123 Å². The maximum absolute atomic E-state index is 15.4. The lowest BCUT2D eigenvalue weighted by Gasteiger charge is -2.35. The first-order valence-corrected chi connectivity index (χ1v) is 19.7. The van der Waals surface area contributed by atoms with E-state index in [0.29, 0.717) is 12.3 Å². The smallest absolute Gasteiger partial charge is 0.147 e. The van der Waals surface area contributed by atoms with Gasteiger partial charge in [-0.3, -0.25) is 0 Å². The molecule has 0 saturated carbocycles. The predicted molar refractivity (Wildman–Crippen MR) is 193 cm³/mol. The Bertz CT molecular complexity index is 1620. The van der Waals surface area contributed by atoms with E-state index in [0.717, 1.165) is 69.9 Å². The van der Waals surface area contributed by atoms with Crippen molar-refractivity contribution in [1.29, 1.82) is 0 Å². The summed E-state index contributed by atoms with van der Waals surface area (Å²) < 4.78 is 52.6. The van der Waals surface area contributed by atoms with E-state index < -0.39 is 14.3 Å². The highest BCUT2D eigenvalue weighted by Gasteiger charge is 2.47. The summed E-state index contributed by atoms with van der Waals surface area (Å²) >= 11 is 0. The summed E-state index contributed by atoms with van der Waals surface area (Å²) in [4.78, 5) is 0. The van der Waals surface area contributed by atoms with Crippen molar-refractivity contribution < 1.29 is 28.1 Å². The van der Waals surface area contributed by atoms with Crippen LogP contribution in [0.2, 0.25) is 0 Å². The van der Waals surface area contributed by atoms with Gasteiger partial charge in [0, 0.05) is 39.0 Å². The Labute approximate surface area is 278 Å². The Morgan fingerprint density at radius 2 is 0.723 bits per heavy atom. The summed E-state index contributed by atoms with van der Waals surface area (Å²) in [6.45, 7) is 0. The third kappa shape index (κ3) is 6.22. The standard InChI is InChI=1S/C39H42O6P2/c1-42-31-9-17-35(18-10-31)46(40,36-19-11-32(43-2)12-20-36)27-29-7-5-25-39(29)26-6-8-30(39)28-47(41,37-21-13-33(44-3)14-22-37)38-23-15-34(45-4)16-24-38/h7-24H,5-6,25-28H2,1-4H3. The van der Waals surface area contributed by atoms with Crippen LogP contribution in [0.4, 0.5) is 0 Å². The molecular formula is C39H42O6P2. The van der Waals surface area contributed by atoms with Crippen molar-refractivity contribution in [3.63, 3.8) is 0 Å². The van der Waals surface area contributed by atoms with Gasteiger partial charge in [-0.25, -0.2) is 0 Å². The van der Waals surface area contributed by atoms with E-state index in [1.54, 1.807) is 28.4 Å². The summed E-state index contributed by atoms with van der Waals surface area (Å²) in [5.41, 5.74) is 2.09. The summed E-state index contributed by atoms with van der Waals surface area (Å²) in [7, 11) is 0.283. The molecule has 0 bridgehead atoms. The molecule has 0 saturated heterocycles. The highest BCUT2D eigenvalue weighted by atomic mass is 31.2. The van der Waals surface area contributed by atoms with Crippen LogP contribution in [0.3, 0.4) is 0 Å². The van der Waals surface area contributed by atoms with Gasteiger partial charge in [-0.15, -0.1) is 0 Å². The van der Waals surface area contributed by atoms with Crippen LogP contribution in [0.5, 0.6) is 23.0 Å². The minimum Gasteiger partial charge on any atom is -0.497 e. The maximum atomic E-state index is 15.4. The summed E-state index contributed by atoms with van der Waals surface area (Å²) in [6, 6.07) is 30.5. The summed E-state index contributed by atoms with van der Waals surface area (Å²) in [5, 5.41) is 3.16. The zero-order chi connectivity index (χ0) is 33.1. The Morgan fingerprint density at radius 3 is 0.957 bits per heavy atom. The fourth-order valence-electron chi connectivity index (χ4n) is 7.22. The first-order chi connectivity index (χ1) is 22.8. The van der Waals surface area contributed by atoms with E-state index in [9.17, 15) is 0 Å². The Morgan fingerprint density at radius 1 is 0.468 bits per heavy atom. The number of methoxy groups -OCH3 is 4. The SMILES string of the molecule is COc1ccc(P(=O)(CC2=CCCC23CCC=C3CP(=O)(c2ccc(OC)cc2)c2ccc(OC)cc2)c2ccc(OC)cc2)cc1. The predicted octanol–water partition coefficient (Wildman–Crippen LogP) is 7.48. The quantitative estimate of drug-likeness (QED) is 0.115. The van der Waals surface area contributed by atoms with Gasteiger partial charge in [-0.1, -0.05) is 23.3 Å². The van der Waals surface area contributed by atoms with Gasteiger partial charge in [0.2, 0.25) is 0 Å². The molecule has 0 atom stereocenters. The van der Waals surface area contributed by atoms with Gasteiger partial charge in [0.05, 0.1) is 28.4 Å². The summed E-state index contributed by atoms with van der Waals surface area (Å²) in [5.74, 6) is 2.89. The fraction of sp³-hybridized carbons (Fsp3) is 0.282. The molecule has 4 aromatic carbocycles. The molecule has 0 amide bonds. The molecule has 8 heteroatoms. The number of hydrogen-bond acceptors (Lipinski definition) is 6. The van der Waals surface area contributed by atoms with E-state index >= 15 is 9.13 Å². The maximum Gasteiger partial charge on any atom is 0.147 e. The van der Waals surface area contributed by atoms with Crippen molar-refractivity contribution in [2.75, 3.05) is 40.8 Å². The van der Waals surface area contributed by atoms with Crippen molar-refractivity contribution in [1.82, 2.24) is 0 Å². The second-order valence-corrected chi connectivity index (χ2v) is 17.9. The van der Waals surface area contributed by atoms with Crippen molar-refractivity contribution in [3.05, 3.63) is 120 Å². The number of ether oxygens (including phenoxy) is 4. The van der Waals surface area contributed by atoms with Crippen LogP contribution in [-0.2, 0) is 9.13 Å². The summed E-state index contributed by atoms with van der Waals surface area (Å²) in [6.07, 6.45) is 9.06. The average molecular weight is 669 g/mol. The molecule has 0 radical (unpaired) electrons. The Balaban J connectivity index is 1.39. The highest BCUT2D eigenvalue weighted by Crippen LogP contribution is 2.61. The molecule has 1 spiro atoms. The molecule has 2 aliphatic carbocycles. The van der Waals surface area contributed by atoms with Gasteiger partial charge >= 0.3 is 0 Å². The average Bonchev–Trinajstić information content (AvgIpc) is 3.73. The van der Waals surface area contributed by atoms with Crippen LogP contribution in [-0.4, -0.2) is 40.8 Å². The van der Waals surface area contributed by atoms with Crippen LogP contribution >= 0.6 is 14.3 Å². The zero-order valence-corrected chi connectivity index (χ0v) is 29.3. The molecule has 4 aromatic rings. The third-order valence-corrected chi connectivity index (χ3v) is 16.0. The number of allylic oxidation sites excluding steroid dienone is 4. The van der Waals surface area contributed by atoms with E-state index in [1.165, 1.54) is 11.1 Å². The van der Waals surface area contributed by atoms with Gasteiger partial charge in [-0.2, -0.15) is 0 Å². The molecule has 0 fully saturated rings. The lowest BCUT2D eigenvalue weighted by atomic mass is 9.76.